The minimum atomic E-state index is -0.209. The van der Waals surface area contributed by atoms with Crippen LogP contribution in [0.15, 0.2) is 71.8 Å². The fraction of sp³-hybridized carbons (Fsp3) is 0.222. The predicted octanol–water partition coefficient (Wildman–Crippen LogP) is 8.27. The average molecular weight is 804 g/mol. The minimum absolute atomic E-state index is 0.0567. The van der Waals surface area contributed by atoms with Crippen molar-refractivity contribution < 1.29 is 9.47 Å². The Kier molecular flexibility index (Phi) is 9.47. The summed E-state index contributed by atoms with van der Waals surface area (Å²) in [5.41, 5.74) is 2.23. The maximum absolute atomic E-state index is 13.4. The van der Waals surface area contributed by atoms with Crippen LogP contribution in [0.2, 0.25) is 0 Å². The van der Waals surface area contributed by atoms with Gasteiger partial charge in [-0.25, -0.2) is 4.98 Å². The highest BCUT2D eigenvalue weighted by Gasteiger charge is 2.16. The van der Waals surface area contributed by atoms with Crippen LogP contribution < -0.4 is 15.0 Å². The van der Waals surface area contributed by atoms with Gasteiger partial charge in [0.1, 0.15) is 12.4 Å². The standard InChI is InChI=1S/C27H23Br3IN3O3/c1-4-15(2)26-33-23-8-7-18(28)11-20(23)27(35)34(26)32-13-16-9-22(31)25(24(10-16)36-3)37-14-17-5-6-19(29)12-21(17)30/h5-13,15H,4,14H2,1-3H3/t15-/m0/s1. The van der Waals surface area contributed by atoms with Gasteiger partial charge in [0, 0.05) is 24.9 Å². The summed E-state index contributed by atoms with van der Waals surface area (Å²) in [6, 6.07) is 15.2. The third kappa shape index (κ3) is 6.46. The number of fused-ring (bicyclic) bond motifs is 1. The molecule has 37 heavy (non-hydrogen) atoms. The lowest BCUT2D eigenvalue weighted by molar-refractivity contribution is 0.281. The van der Waals surface area contributed by atoms with Gasteiger partial charge in [0.2, 0.25) is 0 Å². The lowest BCUT2D eigenvalue weighted by Crippen LogP contribution is -2.23. The van der Waals surface area contributed by atoms with Gasteiger partial charge in [-0.15, -0.1) is 0 Å². The highest BCUT2D eigenvalue weighted by Crippen LogP contribution is 2.35. The van der Waals surface area contributed by atoms with Crippen LogP contribution in [0.25, 0.3) is 10.9 Å². The summed E-state index contributed by atoms with van der Waals surface area (Å²) in [4.78, 5) is 18.2. The van der Waals surface area contributed by atoms with Gasteiger partial charge < -0.3 is 9.47 Å². The SMILES string of the molecule is CC[C@H](C)c1nc2ccc(Br)cc2c(=O)n1N=Cc1cc(I)c(OCc2ccc(Br)cc2Br)c(OC)c1. The Bertz CT molecular complexity index is 1560. The fourth-order valence-corrected chi connectivity index (χ4v) is 5.95. The third-order valence-corrected chi connectivity index (χ3v) is 8.37. The van der Waals surface area contributed by atoms with Crippen molar-refractivity contribution in [2.24, 2.45) is 5.10 Å². The topological polar surface area (TPSA) is 65.7 Å². The molecule has 0 aliphatic carbocycles. The number of methoxy groups -OCH3 is 1. The van der Waals surface area contributed by atoms with Crippen molar-refractivity contribution in [2.45, 2.75) is 32.8 Å². The van der Waals surface area contributed by atoms with Crippen LogP contribution in [-0.2, 0) is 6.61 Å². The van der Waals surface area contributed by atoms with E-state index >= 15 is 0 Å². The highest BCUT2D eigenvalue weighted by molar-refractivity contribution is 14.1. The molecule has 0 N–H and O–H groups in total. The van der Waals surface area contributed by atoms with Crippen molar-refractivity contribution in [1.29, 1.82) is 0 Å². The molecule has 0 saturated carbocycles. The van der Waals surface area contributed by atoms with Gasteiger partial charge in [0.05, 0.1) is 27.8 Å². The molecule has 1 heterocycles. The van der Waals surface area contributed by atoms with E-state index in [1.165, 1.54) is 4.68 Å². The molecule has 0 radical (unpaired) electrons. The number of aromatic nitrogens is 2. The number of hydrogen-bond donors (Lipinski definition) is 0. The Balaban J connectivity index is 1.69. The molecule has 1 aromatic heterocycles. The summed E-state index contributed by atoms with van der Waals surface area (Å²) in [5, 5.41) is 5.08. The Morgan fingerprint density at radius 3 is 2.54 bits per heavy atom. The maximum Gasteiger partial charge on any atom is 0.282 e. The minimum Gasteiger partial charge on any atom is -0.493 e. The van der Waals surface area contributed by atoms with Gasteiger partial charge >= 0.3 is 0 Å². The molecule has 0 aliphatic rings. The zero-order valence-corrected chi connectivity index (χ0v) is 27.2. The second kappa shape index (κ2) is 12.4. The number of halogens is 4. The summed E-state index contributed by atoms with van der Waals surface area (Å²) in [6.07, 6.45) is 2.48. The van der Waals surface area contributed by atoms with E-state index in [0.717, 1.165) is 34.5 Å². The first kappa shape index (κ1) is 28.3. The largest absolute Gasteiger partial charge is 0.493 e. The van der Waals surface area contributed by atoms with Gasteiger partial charge in [0.25, 0.3) is 5.56 Å². The van der Waals surface area contributed by atoms with Crippen molar-refractivity contribution in [2.75, 3.05) is 7.11 Å². The third-order valence-electron chi connectivity index (χ3n) is 5.85. The van der Waals surface area contributed by atoms with Crippen LogP contribution in [0.5, 0.6) is 11.5 Å². The first-order valence-corrected chi connectivity index (χ1v) is 14.9. The molecule has 0 spiro atoms. The highest BCUT2D eigenvalue weighted by atomic mass is 127. The van der Waals surface area contributed by atoms with Gasteiger partial charge in [-0.05, 0) is 77.0 Å². The summed E-state index contributed by atoms with van der Waals surface area (Å²) >= 11 is 12.7. The molecular weight excluding hydrogens is 781 g/mol. The average Bonchev–Trinajstić information content (AvgIpc) is 2.87. The van der Waals surface area contributed by atoms with E-state index in [1.807, 2.05) is 49.4 Å². The number of rotatable bonds is 8. The summed E-state index contributed by atoms with van der Waals surface area (Å²) in [5.74, 6) is 1.91. The van der Waals surface area contributed by atoms with Gasteiger partial charge in [0.15, 0.2) is 11.5 Å². The molecule has 1 atom stereocenters. The van der Waals surface area contributed by atoms with Crippen LogP contribution >= 0.6 is 70.4 Å². The lowest BCUT2D eigenvalue weighted by Gasteiger charge is -2.15. The summed E-state index contributed by atoms with van der Waals surface area (Å²) < 4.78 is 16.8. The quantitative estimate of drug-likeness (QED) is 0.133. The van der Waals surface area contributed by atoms with Crippen LogP contribution in [0, 0.1) is 3.57 Å². The van der Waals surface area contributed by atoms with Crippen molar-refractivity contribution in [3.63, 3.8) is 0 Å². The Morgan fingerprint density at radius 1 is 1.11 bits per heavy atom. The van der Waals surface area contributed by atoms with E-state index in [9.17, 15) is 4.79 Å². The second-order valence-electron chi connectivity index (χ2n) is 8.36. The molecule has 0 aliphatic heterocycles. The normalized spacial score (nSPS) is 12.3. The van der Waals surface area contributed by atoms with Gasteiger partial charge in [-0.3, -0.25) is 4.79 Å². The molecule has 3 aromatic carbocycles. The fourth-order valence-electron chi connectivity index (χ4n) is 3.65. The monoisotopic (exact) mass is 801 g/mol. The van der Waals surface area contributed by atoms with Crippen LogP contribution in [0.1, 0.15) is 43.1 Å². The Hall–Kier alpha value is -1.76. The Morgan fingerprint density at radius 2 is 1.84 bits per heavy atom. The zero-order valence-electron chi connectivity index (χ0n) is 20.3. The van der Waals surface area contributed by atoms with E-state index in [2.05, 4.69) is 82.4 Å². The molecule has 0 saturated heterocycles. The van der Waals surface area contributed by atoms with Crippen molar-refractivity contribution >= 4 is 87.5 Å². The first-order chi connectivity index (χ1) is 17.7. The van der Waals surface area contributed by atoms with Crippen LogP contribution in [0.4, 0.5) is 0 Å². The molecule has 0 bridgehead atoms. The number of nitrogens with zero attached hydrogens (tertiary/aromatic N) is 3. The zero-order chi connectivity index (χ0) is 26.7. The van der Waals surface area contributed by atoms with E-state index in [4.69, 9.17) is 14.5 Å². The number of ether oxygens (including phenoxy) is 2. The van der Waals surface area contributed by atoms with Crippen LogP contribution in [0.3, 0.4) is 0 Å². The molecule has 4 aromatic rings. The Labute approximate surface area is 254 Å². The molecule has 6 nitrogen and oxygen atoms in total. The lowest BCUT2D eigenvalue weighted by atomic mass is 10.1. The molecule has 0 amide bonds. The molecule has 0 unspecified atom stereocenters. The van der Waals surface area contributed by atoms with E-state index in [-0.39, 0.29) is 11.5 Å². The predicted molar refractivity (Wildman–Crippen MR) is 167 cm³/mol. The first-order valence-electron chi connectivity index (χ1n) is 11.4. The molecule has 4 rings (SSSR count). The molecular formula is C27H23Br3IN3O3. The van der Waals surface area contributed by atoms with Crippen molar-refractivity contribution in [3.05, 3.63) is 92.8 Å². The smallest absolute Gasteiger partial charge is 0.282 e. The van der Waals surface area contributed by atoms with Crippen LogP contribution in [-0.4, -0.2) is 23.0 Å². The van der Waals surface area contributed by atoms with Gasteiger partial charge in [-0.1, -0.05) is 67.7 Å². The van der Waals surface area contributed by atoms with E-state index in [0.29, 0.717) is 34.8 Å². The summed E-state index contributed by atoms with van der Waals surface area (Å²) in [7, 11) is 1.60. The van der Waals surface area contributed by atoms with Crippen molar-refractivity contribution in [3.8, 4) is 11.5 Å². The van der Waals surface area contributed by atoms with Crippen molar-refractivity contribution in [1.82, 2.24) is 9.66 Å². The molecule has 0 fully saturated rings. The van der Waals surface area contributed by atoms with E-state index < -0.39 is 0 Å². The maximum atomic E-state index is 13.4. The molecule has 192 valence electrons. The molecule has 10 heteroatoms. The number of hydrogen-bond acceptors (Lipinski definition) is 5. The van der Waals surface area contributed by atoms with Gasteiger partial charge in [-0.2, -0.15) is 9.78 Å². The summed E-state index contributed by atoms with van der Waals surface area (Å²) in [6.45, 7) is 4.48. The second-order valence-corrected chi connectivity index (χ2v) is 12.2. The van der Waals surface area contributed by atoms with E-state index in [1.54, 1.807) is 19.4 Å². The number of benzene rings is 3.